The van der Waals surface area contributed by atoms with Crippen LogP contribution in [0.1, 0.15) is 33.6 Å². The molecular weight excluding hydrogens is 245 g/mol. The minimum atomic E-state index is -1.79. The minimum absolute atomic E-state index is 0.0194. The maximum atomic E-state index is 11.6. The molecule has 1 atom stereocenters. The van der Waals surface area contributed by atoms with E-state index in [-0.39, 0.29) is 17.0 Å². The molecule has 4 nitrogen and oxygen atoms in total. The van der Waals surface area contributed by atoms with Crippen molar-refractivity contribution >= 4 is 27.8 Å². The Morgan fingerprint density at radius 3 is 2.61 bits per heavy atom. The summed E-state index contributed by atoms with van der Waals surface area (Å²) in [6.45, 7) is 11.5. The molecule has 0 aliphatic carbocycles. The Hall–Kier alpha value is -0.618. The quantitative estimate of drug-likeness (QED) is 0.564. The molecule has 6 heteroatoms. The van der Waals surface area contributed by atoms with Gasteiger partial charge in [-0.2, -0.15) is 0 Å². The normalized spacial score (nSPS) is 21.3. The van der Waals surface area contributed by atoms with Gasteiger partial charge >= 0.3 is 7.41 Å². The van der Waals surface area contributed by atoms with E-state index in [1.54, 1.807) is 0 Å². The molecule has 1 rings (SSSR count). The smallest absolute Gasteiger partial charge is 0.331 e. The summed E-state index contributed by atoms with van der Waals surface area (Å²) in [5, 5.41) is 0.162. The molecule has 0 aromatic heterocycles. The highest BCUT2D eigenvalue weighted by molar-refractivity contribution is 6.74. The number of carbonyl (C=O) groups excluding carboxylic acids is 2. The Kier molecular flexibility index (Phi) is 4.78. The zero-order chi connectivity index (χ0) is 14.0. The van der Waals surface area contributed by atoms with Gasteiger partial charge in [0.15, 0.2) is 8.32 Å². The molecule has 101 valence electrons. The van der Waals surface area contributed by atoms with Crippen LogP contribution in [0.25, 0.3) is 0 Å². The van der Waals surface area contributed by atoms with Gasteiger partial charge in [-0.1, -0.05) is 20.8 Å². The van der Waals surface area contributed by atoms with E-state index in [9.17, 15) is 9.59 Å². The van der Waals surface area contributed by atoms with Crippen LogP contribution in [0.4, 0.5) is 0 Å². The van der Waals surface area contributed by atoms with Crippen LogP contribution in [0.3, 0.4) is 0 Å². The zero-order valence-electron chi connectivity index (χ0n) is 12.0. The monoisotopic (exact) mass is 268 g/mol. The Morgan fingerprint density at radius 1 is 1.50 bits per heavy atom. The molecule has 1 aliphatic heterocycles. The van der Waals surface area contributed by atoms with Crippen LogP contribution < -0.4 is 0 Å². The minimum Gasteiger partial charge on any atom is -0.415 e. The first-order valence-corrected chi connectivity index (χ1v) is 9.33. The van der Waals surface area contributed by atoms with Crippen LogP contribution in [0, 0.1) is 0 Å². The number of rotatable bonds is 5. The Bertz CT molecular complexity index is 328. The predicted molar refractivity (Wildman–Crippen MR) is 75.5 cm³/mol. The largest absolute Gasteiger partial charge is 0.415 e. The SMILES string of the molecule is CC(C)(C)[Si](C)(C)OC[C@@H]1CCC(=O)N1[B]C=O. The van der Waals surface area contributed by atoms with Crippen LogP contribution in [0.15, 0.2) is 0 Å². The average molecular weight is 268 g/mol. The third-order valence-electron chi connectivity index (χ3n) is 4.04. The van der Waals surface area contributed by atoms with Crippen molar-refractivity contribution < 1.29 is 14.0 Å². The first-order valence-electron chi connectivity index (χ1n) is 6.43. The van der Waals surface area contributed by atoms with Gasteiger partial charge in [0, 0.05) is 12.5 Å². The number of hydrogen-bond acceptors (Lipinski definition) is 3. The van der Waals surface area contributed by atoms with Crippen molar-refractivity contribution in [2.45, 2.75) is 57.8 Å². The number of carbonyl (C=O) groups is 2. The fraction of sp³-hybridized carbons (Fsp3) is 0.833. The van der Waals surface area contributed by atoms with Crippen molar-refractivity contribution in [1.29, 1.82) is 0 Å². The molecule has 0 unspecified atom stereocenters. The van der Waals surface area contributed by atoms with Gasteiger partial charge in [-0.05, 0) is 24.6 Å². The van der Waals surface area contributed by atoms with Crippen LogP contribution in [0.5, 0.6) is 0 Å². The molecule has 1 saturated heterocycles. The van der Waals surface area contributed by atoms with E-state index in [0.29, 0.717) is 19.2 Å². The molecule has 0 bridgehead atoms. The Morgan fingerprint density at radius 2 is 2.11 bits per heavy atom. The fourth-order valence-corrected chi connectivity index (χ4v) is 2.76. The predicted octanol–water partition coefficient (Wildman–Crippen LogP) is 1.81. The van der Waals surface area contributed by atoms with E-state index in [1.807, 2.05) is 0 Å². The van der Waals surface area contributed by atoms with Gasteiger partial charge in [0.1, 0.15) is 6.19 Å². The molecule has 1 radical (unpaired) electrons. The van der Waals surface area contributed by atoms with Crippen LogP contribution in [-0.2, 0) is 14.0 Å². The summed E-state index contributed by atoms with van der Waals surface area (Å²) in [5.74, 6) is 0.0194. The average Bonchev–Trinajstić information content (AvgIpc) is 2.57. The van der Waals surface area contributed by atoms with Gasteiger partial charge < -0.3 is 14.0 Å². The van der Waals surface area contributed by atoms with E-state index in [4.69, 9.17) is 4.43 Å². The molecule has 1 aliphatic rings. The van der Waals surface area contributed by atoms with Crippen LogP contribution in [0.2, 0.25) is 18.1 Å². The van der Waals surface area contributed by atoms with Crippen molar-refractivity contribution in [2.75, 3.05) is 6.61 Å². The van der Waals surface area contributed by atoms with Crippen molar-refractivity contribution in [1.82, 2.24) is 4.81 Å². The summed E-state index contributed by atoms with van der Waals surface area (Å²) in [4.78, 5) is 23.6. The van der Waals surface area contributed by atoms with Gasteiger partial charge in [-0.3, -0.25) is 4.79 Å². The van der Waals surface area contributed by atoms with E-state index in [2.05, 4.69) is 33.9 Å². The van der Waals surface area contributed by atoms with Gasteiger partial charge in [-0.15, -0.1) is 0 Å². The van der Waals surface area contributed by atoms with E-state index in [1.165, 1.54) is 12.2 Å². The van der Waals surface area contributed by atoms with Crippen LogP contribution >= 0.6 is 0 Å². The lowest BCUT2D eigenvalue weighted by atomic mass is 9.93. The second-order valence-electron chi connectivity index (χ2n) is 6.35. The first kappa shape index (κ1) is 15.4. The highest BCUT2D eigenvalue weighted by atomic mass is 28.4. The zero-order valence-corrected chi connectivity index (χ0v) is 13.0. The van der Waals surface area contributed by atoms with E-state index >= 15 is 0 Å². The molecule has 0 aromatic carbocycles. The summed E-state index contributed by atoms with van der Waals surface area (Å²) in [7, 11) is -0.459. The number of amides is 1. The molecule has 0 saturated carbocycles. The van der Waals surface area contributed by atoms with E-state index in [0.717, 1.165) is 6.42 Å². The second-order valence-corrected chi connectivity index (χ2v) is 11.2. The third-order valence-corrected chi connectivity index (χ3v) is 8.54. The fourth-order valence-electron chi connectivity index (χ4n) is 1.72. The molecule has 1 fully saturated rings. The van der Waals surface area contributed by atoms with Crippen molar-refractivity contribution in [3.8, 4) is 0 Å². The first-order chi connectivity index (χ1) is 8.19. The molecule has 18 heavy (non-hydrogen) atoms. The maximum Gasteiger partial charge on any atom is 0.331 e. The summed E-state index contributed by atoms with van der Waals surface area (Å²) in [6, 6.07) is 0.0248. The molecule has 1 amide bonds. The molecule has 1 heterocycles. The maximum absolute atomic E-state index is 11.6. The lowest BCUT2D eigenvalue weighted by Gasteiger charge is -2.37. The van der Waals surface area contributed by atoms with E-state index < -0.39 is 8.32 Å². The highest BCUT2D eigenvalue weighted by Crippen LogP contribution is 2.37. The Balaban J connectivity index is 2.58. The number of nitrogens with zero attached hydrogens (tertiary/aromatic N) is 1. The lowest BCUT2D eigenvalue weighted by molar-refractivity contribution is -0.124. The summed E-state index contributed by atoms with van der Waals surface area (Å²) < 4.78 is 6.11. The van der Waals surface area contributed by atoms with Crippen molar-refractivity contribution in [3.63, 3.8) is 0 Å². The summed E-state index contributed by atoms with van der Waals surface area (Å²) >= 11 is 0. The Labute approximate surface area is 111 Å². The van der Waals surface area contributed by atoms with Crippen LogP contribution in [-0.4, -0.2) is 45.3 Å². The van der Waals surface area contributed by atoms with Crippen molar-refractivity contribution in [2.24, 2.45) is 0 Å². The standard InChI is InChI=1S/C12H23BNO3Si/c1-12(2,3)18(4,5)17-8-10-6-7-11(16)14(10)13-9-15/h9-10H,6-8H2,1-5H3/t10-/m0/s1. The second kappa shape index (κ2) is 5.57. The van der Waals surface area contributed by atoms with Gasteiger partial charge in [-0.25, -0.2) is 0 Å². The van der Waals surface area contributed by atoms with Crippen molar-refractivity contribution in [3.05, 3.63) is 0 Å². The molecule has 0 spiro atoms. The summed E-state index contributed by atoms with van der Waals surface area (Å²) in [5.41, 5.74) is 0. The van der Waals surface area contributed by atoms with Gasteiger partial charge in [0.05, 0.1) is 6.61 Å². The van der Waals surface area contributed by atoms with Gasteiger partial charge in [0.2, 0.25) is 5.91 Å². The van der Waals surface area contributed by atoms with Gasteiger partial charge in [0.25, 0.3) is 0 Å². The molecular formula is C12H23BNO3Si. The third kappa shape index (κ3) is 3.45. The topological polar surface area (TPSA) is 46.6 Å². The number of hydrogen-bond donors (Lipinski definition) is 0. The molecule has 0 N–H and O–H groups in total. The summed E-state index contributed by atoms with van der Waals surface area (Å²) in [6.07, 6.45) is 1.95. The lowest BCUT2D eigenvalue weighted by Crippen LogP contribution is -2.46. The molecule has 0 aromatic rings. The highest BCUT2D eigenvalue weighted by Gasteiger charge is 2.39.